The lowest BCUT2D eigenvalue weighted by Crippen LogP contribution is -2.39. The third-order valence-electron chi connectivity index (χ3n) is 3.89. The number of benzene rings is 1. The number of aromatic amines is 1. The summed E-state index contributed by atoms with van der Waals surface area (Å²) in [5.41, 5.74) is 0.647. The van der Waals surface area contributed by atoms with E-state index in [1.165, 1.54) is 15.2 Å². The second-order valence-electron chi connectivity index (χ2n) is 5.40. The van der Waals surface area contributed by atoms with Crippen molar-refractivity contribution in [3.05, 3.63) is 60.7 Å². The van der Waals surface area contributed by atoms with E-state index in [0.717, 1.165) is 5.56 Å². The van der Waals surface area contributed by atoms with Gasteiger partial charge in [0.05, 0.1) is 4.47 Å². The van der Waals surface area contributed by atoms with Gasteiger partial charge >= 0.3 is 5.69 Å². The Morgan fingerprint density at radius 2 is 1.92 bits per heavy atom. The van der Waals surface area contributed by atoms with Crippen molar-refractivity contribution in [3.8, 4) is 0 Å². The third-order valence-corrected chi connectivity index (χ3v) is 4.50. The van der Waals surface area contributed by atoms with Crippen molar-refractivity contribution in [2.75, 3.05) is 0 Å². The summed E-state index contributed by atoms with van der Waals surface area (Å²) in [6, 6.07) is 4.63. The Morgan fingerprint density at radius 1 is 1.20 bits per heavy atom. The van der Waals surface area contributed by atoms with E-state index in [4.69, 9.17) is 0 Å². The highest BCUT2D eigenvalue weighted by molar-refractivity contribution is 9.10. The summed E-state index contributed by atoms with van der Waals surface area (Å²) < 4.78 is 16.3. The molecule has 0 aliphatic rings. The van der Waals surface area contributed by atoms with Crippen LogP contribution in [0.3, 0.4) is 0 Å². The standard InChI is InChI=1S/C17H16BrFN4O2/c1-3-22-15-14(16(24)23(4-2)17(22)25)20-13(21-15)8-6-10-5-7-12(19)11(18)9-10/h5-9H,3-4H2,1-2H3,(H,20,21). The minimum atomic E-state index is -0.385. The van der Waals surface area contributed by atoms with E-state index in [1.807, 2.05) is 6.92 Å². The first kappa shape index (κ1) is 17.3. The Labute approximate surface area is 150 Å². The van der Waals surface area contributed by atoms with Crippen LogP contribution in [-0.2, 0) is 13.1 Å². The van der Waals surface area contributed by atoms with E-state index in [0.29, 0.717) is 34.6 Å². The van der Waals surface area contributed by atoms with Gasteiger partial charge in [0, 0.05) is 13.1 Å². The quantitative estimate of drug-likeness (QED) is 0.723. The molecule has 6 nitrogen and oxygen atoms in total. The van der Waals surface area contributed by atoms with Gasteiger partial charge in [0.25, 0.3) is 5.56 Å². The summed E-state index contributed by atoms with van der Waals surface area (Å²) in [4.78, 5) is 32.1. The number of aryl methyl sites for hydroxylation is 1. The molecule has 0 bridgehead atoms. The van der Waals surface area contributed by atoms with Gasteiger partial charge in [0.15, 0.2) is 5.65 Å². The fraction of sp³-hybridized carbons (Fsp3) is 0.235. The summed E-state index contributed by atoms with van der Waals surface area (Å²) >= 11 is 3.14. The topological polar surface area (TPSA) is 72.7 Å². The van der Waals surface area contributed by atoms with Crippen molar-refractivity contribution in [1.29, 1.82) is 0 Å². The molecule has 0 atom stereocenters. The number of H-pyrrole nitrogens is 1. The van der Waals surface area contributed by atoms with Crippen LogP contribution in [0.25, 0.3) is 23.3 Å². The number of nitrogens with zero attached hydrogens (tertiary/aromatic N) is 3. The van der Waals surface area contributed by atoms with E-state index < -0.39 is 0 Å². The second kappa shape index (κ2) is 6.79. The zero-order chi connectivity index (χ0) is 18.1. The third kappa shape index (κ3) is 3.09. The maximum Gasteiger partial charge on any atom is 0.332 e. The van der Waals surface area contributed by atoms with Gasteiger partial charge in [-0.3, -0.25) is 13.9 Å². The first-order valence-electron chi connectivity index (χ1n) is 7.82. The van der Waals surface area contributed by atoms with Crippen LogP contribution in [0, 0.1) is 5.82 Å². The zero-order valence-electron chi connectivity index (χ0n) is 13.7. The summed E-state index contributed by atoms with van der Waals surface area (Å²) in [5.74, 6) is 0.107. The molecule has 0 saturated heterocycles. The van der Waals surface area contributed by atoms with Crippen LogP contribution < -0.4 is 11.2 Å². The van der Waals surface area contributed by atoms with Gasteiger partial charge in [0.1, 0.15) is 17.2 Å². The van der Waals surface area contributed by atoms with Crippen LogP contribution in [0.1, 0.15) is 25.2 Å². The molecule has 0 unspecified atom stereocenters. The second-order valence-corrected chi connectivity index (χ2v) is 6.26. The average molecular weight is 407 g/mol. The molecule has 0 saturated carbocycles. The van der Waals surface area contributed by atoms with Gasteiger partial charge in [-0.15, -0.1) is 0 Å². The van der Waals surface area contributed by atoms with Crippen molar-refractivity contribution in [3.63, 3.8) is 0 Å². The van der Waals surface area contributed by atoms with Crippen LogP contribution in [0.15, 0.2) is 32.3 Å². The molecule has 0 aliphatic heterocycles. The van der Waals surface area contributed by atoms with E-state index in [2.05, 4.69) is 25.9 Å². The van der Waals surface area contributed by atoms with Crippen LogP contribution >= 0.6 is 15.9 Å². The van der Waals surface area contributed by atoms with Gasteiger partial charge in [-0.2, -0.15) is 0 Å². The van der Waals surface area contributed by atoms with Crippen molar-refractivity contribution in [1.82, 2.24) is 19.1 Å². The van der Waals surface area contributed by atoms with Crippen molar-refractivity contribution in [2.45, 2.75) is 26.9 Å². The van der Waals surface area contributed by atoms with E-state index in [-0.39, 0.29) is 17.1 Å². The lowest BCUT2D eigenvalue weighted by molar-refractivity contribution is 0.605. The monoisotopic (exact) mass is 406 g/mol. The van der Waals surface area contributed by atoms with E-state index >= 15 is 0 Å². The largest absolute Gasteiger partial charge is 0.333 e. The first-order valence-corrected chi connectivity index (χ1v) is 8.62. The van der Waals surface area contributed by atoms with Crippen LogP contribution in [0.5, 0.6) is 0 Å². The molecule has 2 heterocycles. The van der Waals surface area contributed by atoms with Crippen molar-refractivity contribution >= 4 is 39.2 Å². The zero-order valence-corrected chi connectivity index (χ0v) is 15.3. The van der Waals surface area contributed by atoms with Crippen molar-refractivity contribution < 1.29 is 4.39 Å². The van der Waals surface area contributed by atoms with Crippen molar-refractivity contribution in [2.24, 2.45) is 0 Å². The van der Waals surface area contributed by atoms with Gasteiger partial charge < -0.3 is 4.98 Å². The Balaban J connectivity index is 2.11. The number of imidazole rings is 1. The summed E-state index contributed by atoms with van der Waals surface area (Å²) in [7, 11) is 0. The number of halogens is 2. The highest BCUT2D eigenvalue weighted by atomic mass is 79.9. The van der Waals surface area contributed by atoms with Crippen LogP contribution in [0.4, 0.5) is 4.39 Å². The Hall–Kier alpha value is -2.48. The number of nitrogens with one attached hydrogen (secondary N) is 1. The summed E-state index contributed by atoms with van der Waals surface area (Å²) in [6.07, 6.45) is 3.43. The smallest absolute Gasteiger partial charge is 0.332 e. The first-order chi connectivity index (χ1) is 12.0. The van der Waals surface area contributed by atoms with Crippen LogP contribution in [-0.4, -0.2) is 19.1 Å². The molecule has 1 N–H and O–H groups in total. The minimum absolute atomic E-state index is 0.293. The normalized spacial score (nSPS) is 11.7. The molecule has 25 heavy (non-hydrogen) atoms. The molecule has 2 aromatic heterocycles. The lowest BCUT2D eigenvalue weighted by atomic mass is 10.2. The lowest BCUT2D eigenvalue weighted by Gasteiger charge is -2.06. The highest BCUT2D eigenvalue weighted by Crippen LogP contribution is 2.18. The molecule has 1 aromatic carbocycles. The summed E-state index contributed by atoms with van der Waals surface area (Å²) in [5, 5.41) is 0. The Morgan fingerprint density at radius 3 is 2.56 bits per heavy atom. The molecule has 0 amide bonds. The Kier molecular flexibility index (Phi) is 4.71. The maximum absolute atomic E-state index is 13.3. The molecular formula is C17H16BrFN4O2. The van der Waals surface area contributed by atoms with Gasteiger partial charge in [-0.1, -0.05) is 12.1 Å². The Bertz CT molecular complexity index is 1090. The molecule has 3 rings (SSSR count). The van der Waals surface area contributed by atoms with Gasteiger partial charge in [0.2, 0.25) is 0 Å². The molecule has 0 aliphatic carbocycles. The van der Waals surface area contributed by atoms with Gasteiger partial charge in [-0.25, -0.2) is 14.2 Å². The molecule has 8 heteroatoms. The fourth-order valence-corrected chi connectivity index (χ4v) is 3.02. The number of hydrogen-bond donors (Lipinski definition) is 1. The maximum atomic E-state index is 13.3. The number of rotatable bonds is 4. The summed E-state index contributed by atoms with van der Waals surface area (Å²) in [6.45, 7) is 4.28. The number of fused-ring (bicyclic) bond motifs is 1. The van der Waals surface area contributed by atoms with E-state index in [9.17, 15) is 14.0 Å². The fourth-order valence-electron chi connectivity index (χ4n) is 2.62. The van der Waals surface area contributed by atoms with Gasteiger partial charge in [-0.05, 0) is 53.5 Å². The predicted molar refractivity (Wildman–Crippen MR) is 99.0 cm³/mol. The average Bonchev–Trinajstić information content (AvgIpc) is 3.01. The minimum Gasteiger partial charge on any atom is -0.333 e. The number of aromatic nitrogens is 4. The van der Waals surface area contributed by atoms with Crippen LogP contribution in [0.2, 0.25) is 0 Å². The molecule has 0 spiro atoms. The predicted octanol–water partition coefficient (Wildman–Crippen LogP) is 3.00. The molecule has 130 valence electrons. The SMILES string of the molecule is CCn1c(=O)c2[nH]c(C=Cc3ccc(F)c(Br)c3)nc2n(CC)c1=O. The molecule has 0 radical (unpaired) electrons. The van der Waals surface area contributed by atoms with E-state index in [1.54, 1.807) is 31.2 Å². The molecule has 3 aromatic rings. The number of hydrogen-bond acceptors (Lipinski definition) is 3. The highest BCUT2D eigenvalue weighted by Gasteiger charge is 2.14. The molecular weight excluding hydrogens is 391 g/mol. The molecule has 0 fully saturated rings.